The first kappa shape index (κ1) is 14.9. The third-order valence-electron chi connectivity index (χ3n) is 2.64. The second-order valence-corrected chi connectivity index (χ2v) is 6.67. The van der Waals surface area contributed by atoms with Crippen LogP contribution in [0.25, 0.3) is 0 Å². The van der Waals surface area contributed by atoms with Gasteiger partial charge in [-0.2, -0.15) is 0 Å². The molecule has 18 heavy (non-hydrogen) atoms. The maximum atomic E-state index is 12.0. The molecule has 100 valence electrons. The minimum absolute atomic E-state index is 0.0634. The van der Waals surface area contributed by atoms with E-state index in [-0.39, 0.29) is 16.4 Å². The van der Waals surface area contributed by atoms with E-state index in [0.29, 0.717) is 12.0 Å². The molecule has 4 nitrogen and oxygen atoms in total. The lowest BCUT2D eigenvalue weighted by atomic mass is 10.2. The van der Waals surface area contributed by atoms with Crippen molar-refractivity contribution in [2.24, 2.45) is 0 Å². The molecule has 0 amide bonds. The van der Waals surface area contributed by atoms with Gasteiger partial charge in [-0.3, -0.25) is 4.79 Å². The number of hydrogen-bond acceptors (Lipinski definition) is 4. The third-order valence-corrected chi connectivity index (χ3v) is 4.45. The van der Waals surface area contributed by atoms with E-state index in [9.17, 15) is 13.2 Å². The number of carbonyl (C=O) groups is 1. The standard InChI is InChI=1S/C13H19NO3S/c1-11(15)12-5-7-13(8-6-12)18(16,17)10-4-9-14(2)3/h5-8H,4,9-10H2,1-3H3. The van der Waals surface area contributed by atoms with Crippen LogP contribution >= 0.6 is 0 Å². The number of carbonyl (C=O) groups excluding carboxylic acids is 1. The number of sulfone groups is 1. The van der Waals surface area contributed by atoms with Crippen molar-refractivity contribution in [1.82, 2.24) is 4.90 Å². The molecule has 0 fully saturated rings. The summed E-state index contributed by atoms with van der Waals surface area (Å²) >= 11 is 0. The quantitative estimate of drug-likeness (QED) is 0.736. The summed E-state index contributed by atoms with van der Waals surface area (Å²) in [5.74, 6) is 0.0662. The summed E-state index contributed by atoms with van der Waals surface area (Å²) in [6.45, 7) is 2.20. The molecule has 0 aliphatic rings. The Morgan fingerprint density at radius 2 is 1.72 bits per heavy atom. The van der Waals surface area contributed by atoms with Crippen LogP contribution in [0.4, 0.5) is 0 Å². The number of hydrogen-bond donors (Lipinski definition) is 0. The molecule has 0 saturated carbocycles. The number of rotatable bonds is 6. The Balaban J connectivity index is 2.76. The monoisotopic (exact) mass is 269 g/mol. The molecule has 0 atom stereocenters. The summed E-state index contributed by atoms with van der Waals surface area (Å²) < 4.78 is 24.0. The first-order chi connectivity index (χ1) is 8.33. The van der Waals surface area contributed by atoms with E-state index in [1.807, 2.05) is 19.0 Å². The van der Waals surface area contributed by atoms with Crippen molar-refractivity contribution in [2.75, 3.05) is 26.4 Å². The van der Waals surface area contributed by atoms with E-state index in [0.717, 1.165) is 6.54 Å². The Morgan fingerprint density at radius 1 is 1.17 bits per heavy atom. The van der Waals surface area contributed by atoms with Crippen LogP contribution in [-0.2, 0) is 9.84 Å². The van der Waals surface area contributed by atoms with Gasteiger partial charge in [0.05, 0.1) is 10.6 Å². The smallest absolute Gasteiger partial charge is 0.178 e. The summed E-state index contributed by atoms with van der Waals surface area (Å²) in [6.07, 6.45) is 0.601. The van der Waals surface area contributed by atoms with Gasteiger partial charge in [-0.05, 0) is 46.1 Å². The van der Waals surface area contributed by atoms with Gasteiger partial charge >= 0.3 is 0 Å². The van der Waals surface area contributed by atoms with Crippen molar-refractivity contribution in [1.29, 1.82) is 0 Å². The highest BCUT2D eigenvalue weighted by molar-refractivity contribution is 7.91. The molecular weight excluding hydrogens is 250 g/mol. The number of nitrogens with zero attached hydrogens (tertiary/aromatic N) is 1. The highest BCUT2D eigenvalue weighted by Gasteiger charge is 2.14. The molecule has 0 spiro atoms. The van der Waals surface area contributed by atoms with Gasteiger partial charge in [0.25, 0.3) is 0 Å². The van der Waals surface area contributed by atoms with E-state index >= 15 is 0 Å². The molecule has 0 aromatic heterocycles. The Kier molecular flexibility index (Phi) is 5.04. The van der Waals surface area contributed by atoms with Gasteiger partial charge in [-0.1, -0.05) is 12.1 Å². The van der Waals surface area contributed by atoms with Crippen molar-refractivity contribution < 1.29 is 13.2 Å². The fourth-order valence-corrected chi connectivity index (χ4v) is 2.88. The molecule has 0 aliphatic heterocycles. The van der Waals surface area contributed by atoms with Crippen molar-refractivity contribution in [3.05, 3.63) is 29.8 Å². The molecule has 0 radical (unpaired) electrons. The molecular formula is C13H19NO3S. The third kappa shape index (κ3) is 4.23. The van der Waals surface area contributed by atoms with E-state index in [4.69, 9.17) is 0 Å². The van der Waals surface area contributed by atoms with E-state index < -0.39 is 9.84 Å². The molecule has 0 N–H and O–H groups in total. The summed E-state index contributed by atoms with van der Waals surface area (Å²) in [7, 11) is 0.586. The van der Waals surface area contributed by atoms with E-state index in [1.165, 1.54) is 19.1 Å². The van der Waals surface area contributed by atoms with Crippen LogP contribution in [0, 0.1) is 0 Å². The topological polar surface area (TPSA) is 54.5 Å². The van der Waals surface area contributed by atoms with Crippen molar-refractivity contribution in [3.63, 3.8) is 0 Å². The SMILES string of the molecule is CC(=O)c1ccc(S(=O)(=O)CCCN(C)C)cc1. The zero-order valence-electron chi connectivity index (χ0n) is 11.0. The average molecular weight is 269 g/mol. The summed E-state index contributed by atoms with van der Waals surface area (Å²) in [5, 5.41) is 0. The molecule has 0 bridgehead atoms. The normalized spacial score (nSPS) is 11.8. The predicted molar refractivity (Wildman–Crippen MR) is 71.7 cm³/mol. The van der Waals surface area contributed by atoms with Crippen LogP contribution in [0.15, 0.2) is 29.2 Å². The van der Waals surface area contributed by atoms with Crippen LogP contribution in [-0.4, -0.2) is 45.5 Å². The summed E-state index contributed by atoms with van der Waals surface area (Å²) in [4.78, 5) is 13.3. The summed E-state index contributed by atoms with van der Waals surface area (Å²) in [5.41, 5.74) is 0.530. The van der Waals surface area contributed by atoms with Gasteiger partial charge in [-0.25, -0.2) is 8.42 Å². The maximum Gasteiger partial charge on any atom is 0.178 e. The predicted octanol–water partition coefficient (Wildman–Crippen LogP) is 1.61. The highest BCUT2D eigenvalue weighted by atomic mass is 32.2. The number of Topliss-reactive ketones (excluding diaryl/α,β-unsaturated/α-hetero) is 1. The Bertz CT molecular complexity index is 504. The lowest BCUT2D eigenvalue weighted by Crippen LogP contribution is -2.17. The van der Waals surface area contributed by atoms with Gasteiger partial charge < -0.3 is 4.90 Å². The van der Waals surface area contributed by atoms with E-state index in [1.54, 1.807) is 12.1 Å². The second-order valence-electron chi connectivity index (χ2n) is 4.56. The van der Waals surface area contributed by atoms with Gasteiger partial charge in [0.1, 0.15) is 0 Å². The first-order valence-electron chi connectivity index (χ1n) is 5.81. The van der Waals surface area contributed by atoms with Crippen LogP contribution in [0.5, 0.6) is 0 Å². The number of ketones is 1. The van der Waals surface area contributed by atoms with E-state index in [2.05, 4.69) is 0 Å². The molecule has 1 aromatic rings. The fraction of sp³-hybridized carbons (Fsp3) is 0.462. The highest BCUT2D eigenvalue weighted by Crippen LogP contribution is 2.13. The molecule has 0 heterocycles. The van der Waals surface area contributed by atoms with Gasteiger partial charge in [-0.15, -0.1) is 0 Å². The number of benzene rings is 1. The Hall–Kier alpha value is -1.20. The molecule has 1 rings (SSSR count). The minimum Gasteiger partial charge on any atom is -0.309 e. The molecule has 1 aromatic carbocycles. The molecule has 5 heteroatoms. The van der Waals surface area contributed by atoms with Crippen molar-refractivity contribution >= 4 is 15.6 Å². The van der Waals surface area contributed by atoms with Crippen molar-refractivity contribution in [2.45, 2.75) is 18.2 Å². The lowest BCUT2D eigenvalue weighted by Gasteiger charge is -2.09. The fourth-order valence-electron chi connectivity index (χ4n) is 1.59. The van der Waals surface area contributed by atoms with Crippen LogP contribution in [0.3, 0.4) is 0 Å². The van der Waals surface area contributed by atoms with Gasteiger partial charge in [0.15, 0.2) is 15.6 Å². The maximum absolute atomic E-state index is 12.0. The zero-order chi connectivity index (χ0) is 13.8. The van der Waals surface area contributed by atoms with Crippen LogP contribution in [0.1, 0.15) is 23.7 Å². The second kappa shape index (κ2) is 6.11. The largest absolute Gasteiger partial charge is 0.309 e. The molecule has 0 aliphatic carbocycles. The zero-order valence-corrected chi connectivity index (χ0v) is 11.8. The minimum atomic E-state index is -3.24. The summed E-state index contributed by atoms with van der Waals surface area (Å²) in [6, 6.07) is 6.12. The van der Waals surface area contributed by atoms with Crippen molar-refractivity contribution in [3.8, 4) is 0 Å². The van der Waals surface area contributed by atoms with Crippen LogP contribution < -0.4 is 0 Å². The van der Waals surface area contributed by atoms with Crippen LogP contribution in [0.2, 0.25) is 0 Å². The average Bonchev–Trinajstić information content (AvgIpc) is 2.28. The van der Waals surface area contributed by atoms with Gasteiger partial charge in [0.2, 0.25) is 0 Å². The van der Waals surface area contributed by atoms with Gasteiger partial charge in [0, 0.05) is 5.56 Å². The Morgan fingerprint density at radius 3 is 2.17 bits per heavy atom. The molecule has 0 saturated heterocycles. The lowest BCUT2D eigenvalue weighted by molar-refractivity contribution is 0.101. The first-order valence-corrected chi connectivity index (χ1v) is 7.46. The Labute approximate surface area is 109 Å². The molecule has 0 unspecified atom stereocenters.